The Labute approximate surface area is 197 Å². The van der Waals surface area contributed by atoms with Crippen molar-refractivity contribution in [3.8, 4) is 5.75 Å². The number of amides is 3. The highest BCUT2D eigenvalue weighted by molar-refractivity contribution is 6.39. The van der Waals surface area contributed by atoms with E-state index in [0.717, 1.165) is 12.1 Å². The molecule has 0 saturated carbocycles. The zero-order valence-electron chi connectivity index (χ0n) is 18.0. The second-order valence-corrected chi connectivity index (χ2v) is 7.00. The Kier molecular flexibility index (Phi) is 8.17. The number of hydrazone groups is 1. The SMILES string of the molecule is O=C(COc1ccc(/C=N\NC(=O)C(=O)Nc2cccc(C(F)(F)F)c2)cc1)Nc1ccccc1. The van der Waals surface area contributed by atoms with Crippen molar-refractivity contribution in [3.63, 3.8) is 0 Å². The second-order valence-electron chi connectivity index (χ2n) is 7.00. The Morgan fingerprint density at radius 1 is 0.829 bits per heavy atom. The van der Waals surface area contributed by atoms with Gasteiger partial charge in [0, 0.05) is 11.4 Å². The number of anilines is 2. The fourth-order valence-electron chi connectivity index (χ4n) is 2.69. The Bertz CT molecular complexity index is 1210. The van der Waals surface area contributed by atoms with Crippen LogP contribution in [-0.4, -0.2) is 30.5 Å². The molecule has 3 N–H and O–H groups in total. The van der Waals surface area contributed by atoms with Crippen LogP contribution < -0.4 is 20.8 Å². The summed E-state index contributed by atoms with van der Waals surface area (Å²) in [6.07, 6.45) is -3.33. The summed E-state index contributed by atoms with van der Waals surface area (Å²) < 4.78 is 43.6. The van der Waals surface area contributed by atoms with E-state index in [2.05, 4.69) is 15.7 Å². The van der Waals surface area contributed by atoms with E-state index in [1.165, 1.54) is 12.3 Å². The number of nitrogens with zero attached hydrogens (tertiary/aromatic N) is 1. The van der Waals surface area contributed by atoms with Crippen LogP contribution in [-0.2, 0) is 20.6 Å². The van der Waals surface area contributed by atoms with Gasteiger partial charge in [-0.3, -0.25) is 14.4 Å². The van der Waals surface area contributed by atoms with Crippen LogP contribution in [0.15, 0.2) is 84.0 Å². The second kappa shape index (κ2) is 11.5. The summed E-state index contributed by atoms with van der Waals surface area (Å²) >= 11 is 0. The summed E-state index contributed by atoms with van der Waals surface area (Å²) in [5, 5.41) is 8.40. The van der Waals surface area contributed by atoms with E-state index in [9.17, 15) is 27.6 Å². The molecular formula is C24H19F3N4O4. The monoisotopic (exact) mass is 484 g/mol. The zero-order valence-corrected chi connectivity index (χ0v) is 18.0. The van der Waals surface area contributed by atoms with E-state index in [4.69, 9.17) is 4.74 Å². The molecule has 0 atom stereocenters. The first-order valence-electron chi connectivity index (χ1n) is 10.1. The van der Waals surface area contributed by atoms with Crippen molar-refractivity contribution in [1.82, 2.24) is 5.43 Å². The summed E-state index contributed by atoms with van der Waals surface area (Å²) in [4.78, 5) is 35.6. The van der Waals surface area contributed by atoms with Crippen LogP contribution in [0.5, 0.6) is 5.75 Å². The summed E-state index contributed by atoms with van der Waals surface area (Å²) in [7, 11) is 0. The maximum Gasteiger partial charge on any atom is 0.416 e. The predicted molar refractivity (Wildman–Crippen MR) is 123 cm³/mol. The predicted octanol–water partition coefficient (Wildman–Crippen LogP) is 3.81. The van der Waals surface area contributed by atoms with Gasteiger partial charge >= 0.3 is 18.0 Å². The summed E-state index contributed by atoms with van der Waals surface area (Å²) in [5.41, 5.74) is 2.04. The molecule has 0 aromatic heterocycles. The van der Waals surface area contributed by atoms with Crippen LogP contribution in [0.2, 0.25) is 0 Å². The molecule has 0 unspecified atom stereocenters. The van der Waals surface area contributed by atoms with Crippen molar-refractivity contribution in [2.24, 2.45) is 5.10 Å². The van der Waals surface area contributed by atoms with E-state index in [-0.39, 0.29) is 18.2 Å². The van der Waals surface area contributed by atoms with Gasteiger partial charge in [0.15, 0.2) is 6.61 Å². The highest BCUT2D eigenvalue weighted by Gasteiger charge is 2.30. The third-order valence-electron chi connectivity index (χ3n) is 4.34. The molecule has 0 fully saturated rings. The molecule has 0 saturated heterocycles. The third-order valence-corrected chi connectivity index (χ3v) is 4.34. The van der Waals surface area contributed by atoms with Crippen molar-refractivity contribution >= 4 is 35.3 Å². The van der Waals surface area contributed by atoms with Gasteiger partial charge in [-0.1, -0.05) is 24.3 Å². The molecule has 0 spiro atoms. The van der Waals surface area contributed by atoms with Crippen LogP contribution in [0.3, 0.4) is 0 Å². The number of alkyl halides is 3. The van der Waals surface area contributed by atoms with Gasteiger partial charge in [0.25, 0.3) is 5.91 Å². The van der Waals surface area contributed by atoms with Crippen molar-refractivity contribution in [2.45, 2.75) is 6.18 Å². The molecule has 0 aliphatic carbocycles. The number of hydrogen-bond acceptors (Lipinski definition) is 5. The third kappa shape index (κ3) is 8.00. The van der Waals surface area contributed by atoms with Crippen molar-refractivity contribution in [2.75, 3.05) is 17.2 Å². The van der Waals surface area contributed by atoms with Gasteiger partial charge in [-0.25, -0.2) is 5.43 Å². The van der Waals surface area contributed by atoms with Crippen molar-refractivity contribution in [1.29, 1.82) is 0 Å². The van der Waals surface area contributed by atoms with E-state index in [1.807, 2.05) is 11.5 Å². The maximum absolute atomic E-state index is 12.7. The number of rotatable bonds is 7. The van der Waals surface area contributed by atoms with Crippen molar-refractivity contribution < 1.29 is 32.3 Å². The number of hydrogen-bond donors (Lipinski definition) is 3. The van der Waals surface area contributed by atoms with Crippen LogP contribution in [0, 0.1) is 0 Å². The van der Waals surface area contributed by atoms with E-state index < -0.39 is 23.6 Å². The average Bonchev–Trinajstić information content (AvgIpc) is 2.84. The molecule has 0 radical (unpaired) electrons. The van der Waals surface area contributed by atoms with Gasteiger partial charge < -0.3 is 15.4 Å². The Morgan fingerprint density at radius 3 is 2.20 bits per heavy atom. The van der Waals surface area contributed by atoms with Gasteiger partial charge in [0.05, 0.1) is 11.8 Å². The summed E-state index contributed by atoms with van der Waals surface area (Å²) in [6, 6.07) is 19.2. The topological polar surface area (TPSA) is 109 Å². The van der Waals surface area contributed by atoms with Gasteiger partial charge in [-0.05, 0) is 60.2 Å². The largest absolute Gasteiger partial charge is 0.484 e. The van der Waals surface area contributed by atoms with E-state index in [0.29, 0.717) is 23.1 Å². The molecule has 0 aliphatic heterocycles. The number of ether oxygens (including phenoxy) is 1. The van der Waals surface area contributed by atoms with Crippen LogP contribution in [0.4, 0.5) is 24.5 Å². The molecule has 180 valence electrons. The minimum absolute atomic E-state index is 0.183. The standard InChI is InChI=1S/C24H19F3N4O4/c25-24(26,27)17-5-4-8-19(13-17)30-22(33)23(34)31-28-14-16-9-11-20(12-10-16)35-15-21(32)29-18-6-2-1-3-7-18/h1-14H,15H2,(H,29,32)(H,30,33)(H,31,34)/b28-14-. The number of nitrogens with one attached hydrogen (secondary N) is 3. The molecule has 3 aromatic carbocycles. The number of benzene rings is 3. The van der Waals surface area contributed by atoms with E-state index in [1.54, 1.807) is 48.5 Å². The smallest absolute Gasteiger partial charge is 0.416 e. The minimum atomic E-state index is -4.58. The Balaban J connectivity index is 1.45. The highest BCUT2D eigenvalue weighted by atomic mass is 19.4. The fraction of sp³-hybridized carbons (Fsp3) is 0.0833. The fourth-order valence-corrected chi connectivity index (χ4v) is 2.69. The summed E-state index contributed by atoms with van der Waals surface area (Å²) in [6.45, 7) is -0.195. The molecule has 11 heteroatoms. The summed E-state index contributed by atoms with van der Waals surface area (Å²) in [5.74, 6) is -2.25. The molecule has 0 bridgehead atoms. The number of carbonyl (C=O) groups is 3. The van der Waals surface area contributed by atoms with Gasteiger partial charge in [-0.15, -0.1) is 0 Å². The van der Waals surface area contributed by atoms with Gasteiger partial charge in [0.2, 0.25) is 0 Å². The van der Waals surface area contributed by atoms with Gasteiger partial charge in [0.1, 0.15) is 5.75 Å². The first kappa shape index (κ1) is 25.0. The lowest BCUT2D eigenvalue weighted by molar-refractivity contribution is -0.137. The molecule has 3 aromatic rings. The Hall–Kier alpha value is -4.67. The molecule has 35 heavy (non-hydrogen) atoms. The van der Waals surface area contributed by atoms with E-state index >= 15 is 0 Å². The van der Waals surface area contributed by atoms with Crippen LogP contribution >= 0.6 is 0 Å². The number of para-hydroxylation sites is 1. The maximum atomic E-state index is 12.7. The molecule has 8 nitrogen and oxygen atoms in total. The molecular weight excluding hydrogens is 465 g/mol. The van der Waals surface area contributed by atoms with Gasteiger partial charge in [-0.2, -0.15) is 18.3 Å². The minimum Gasteiger partial charge on any atom is -0.484 e. The zero-order chi connectivity index (χ0) is 25.3. The first-order valence-corrected chi connectivity index (χ1v) is 10.1. The molecule has 0 heterocycles. The lowest BCUT2D eigenvalue weighted by atomic mass is 10.2. The Morgan fingerprint density at radius 2 is 1.51 bits per heavy atom. The molecule has 3 rings (SSSR count). The number of halogens is 3. The van der Waals surface area contributed by atoms with Crippen LogP contribution in [0.25, 0.3) is 0 Å². The highest BCUT2D eigenvalue weighted by Crippen LogP contribution is 2.30. The lowest BCUT2D eigenvalue weighted by Gasteiger charge is -2.09. The molecule has 3 amide bonds. The lowest BCUT2D eigenvalue weighted by Crippen LogP contribution is -2.32. The average molecular weight is 484 g/mol. The number of carbonyl (C=O) groups excluding carboxylic acids is 3. The van der Waals surface area contributed by atoms with Crippen LogP contribution in [0.1, 0.15) is 11.1 Å². The normalized spacial score (nSPS) is 11.1. The first-order chi connectivity index (χ1) is 16.7. The van der Waals surface area contributed by atoms with Crippen molar-refractivity contribution in [3.05, 3.63) is 90.0 Å². The molecule has 0 aliphatic rings. The quantitative estimate of drug-likeness (QED) is 0.269.